The highest BCUT2D eigenvalue weighted by molar-refractivity contribution is 5.54. The van der Waals surface area contributed by atoms with Crippen molar-refractivity contribution in [3.8, 4) is 0 Å². The number of likely N-dealkylation sites (tertiary alicyclic amines) is 1. The van der Waals surface area contributed by atoms with E-state index >= 15 is 0 Å². The Morgan fingerprint density at radius 1 is 1.50 bits per heavy atom. The fourth-order valence-electron chi connectivity index (χ4n) is 1.69. The number of carbonyl (C=O) groups excluding carboxylic acids is 1. The summed E-state index contributed by atoms with van der Waals surface area (Å²) in [5.74, 6) is 2.40. The van der Waals surface area contributed by atoms with Gasteiger partial charge in [0.15, 0.2) is 0 Å². The largest absolute Gasteiger partial charge is 0.412 e. The molecule has 0 aromatic rings. The molecule has 1 heterocycles. The number of nitrogens with zero attached hydrogens (tertiary/aromatic N) is 1. The summed E-state index contributed by atoms with van der Waals surface area (Å²) in [4.78, 5) is 12.9. The van der Waals surface area contributed by atoms with E-state index in [1.54, 1.807) is 0 Å². The summed E-state index contributed by atoms with van der Waals surface area (Å²) in [5.41, 5.74) is 1.04. The van der Waals surface area contributed by atoms with E-state index in [1.807, 2.05) is 0 Å². The van der Waals surface area contributed by atoms with E-state index in [0.29, 0.717) is 5.92 Å². The lowest BCUT2D eigenvalue weighted by Crippen LogP contribution is -2.51. The SMILES string of the molecule is CC1C(=C=O)CCN(C)C1(C)C.N.O. The minimum absolute atomic E-state index is 0. The van der Waals surface area contributed by atoms with Gasteiger partial charge < -0.3 is 16.5 Å². The van der Waals surface area contributed by atoms with Crippen LogP contribution >= 0.6 is 0 Å². The normalized spacial score (nSPS) is 25.7. The molecule has 1 aliphatic heterocycles. The molecule has 4 nitrogen and oxygen atoms in total. The van der Waals surface area contributed by atoms with Crippen LogP contribution in [0, 0.1) is 5.92 Å². The van der Waals surface area contributed by atoms with Gasteiger partial charge in [0.25, 0.3) is 0 Å². The lowest BCUT2D eigenvalue weighted by atomic mass is 9.78. The van der Waals surface area contributed by atoms with E-state index in [4.69, 9.17) is 0 Å². The maximum Gasteiger partial charge on any atom is 0.123 e. The van der Waals surface area contributed by atoms with Crippen LogP contribution in [-0.4, -0.2) is 35.4 Å². The highest BCUT2D eigenvalue weighted by Crippen LogP contribution is 2.33. The van der Waals surface area contributed by atoms with E-state index in [2.05, 4.69) is 38.7 Å². The second-order valence-corrected chi connectivity index (χ2v) is 4.17. The third-order valence-corrected chi connectivity index (χ3v) is 3.41. The third kappa shape index (κ3) is 2.42. The molecule has 14 heavy (non-hydrogen) atoms. The second kappa shape index (κ2) is 5.27. The summed E-state index contributed by atoms with van der Waals surface area (Å²) in [6.07, 6.45) is 0.880. The van der Waals surface area contributed by atoms with Crippen molar-refractivity contribution in [2.24, 2.45) is 5.92 Å². The van der Waals surface area contributed by atoms with E-state index in [9.17, 15) is 4.79 Å². The highest BCUT2D eigenvalue weighted by Gasteiger charge is 2.36. The fraction of sp³-hybridized carbons (Fsp3) is 0.800. The first-order valence-electron chi connectivity index (χ1n) is 4.45. The molecular formula is C10H22N2O2. The molecule has 1 fully saturated rings. The maximum atomic E-state index is 10.6. The first-order chi connectivity index (χ1) is 5.50. The third-order valence-electron chi connectivity index (χ3n) is 3.41. The van der Waals surface area contributed by atoms with Crippen LogP contribution in [-0.2, 0) is 4.79 Å². The molecule has 1 aliphatic rings. The van der Waals surface area contributed by atoms with Gasteiger partial charge in [0.05, 0.1) is 0 Å². The van der Waals surface area contributed by atoms with E-state index in [1.165, 1.54) is 0 Å². The van der Waals surface area contributed by atoms with Crippen LogP contribution in [0.4, 0.5) is 0 Å². The van der Waals surface area contributed by atoms with Gasteiger partial charge in [0, 0.05) is 23.6 Å². The summed E-state index contributed by atoms with van der Waals surface area (Å²) in [7, 11) is 2.11. The second-order valence-electron chi connectivity index (χ2n) is 4.17. The number of rotatable bonds is 0. The van der Waals surface area contributed by atoms with Gasteiger partial charge in [-0.05, 0) is 27.3 Å². The summed E-state index contributed by atoms with van der Waals surface area (Å²) < 4.78 is 0. The molecule has 1 atom stereocenters. The molecule has 0 aromatic carbocycles. The van der Waals surface area contributed by atoms with Crippen molar-refractivity contribution in [1.82, 2.24) is 11.1 Å². The summed E-state index contributed by atoms with van der Waals surface area (Å²) in [6.45, 7) is 7.43. The van der Waals surface area contributed by atoms with Crippen molar-refractivity contribution in [2.75, 3.05) is 13.6 Å². The molecule has 0 saturated carbocycles. The predicted molar refractivity (Wildman–Crippen MR) is 58.3 cm³/mol. The minimum Gasteiger partial charge on any atom is -0.412 e. The van der Waals surface area contributed by atoms with Crippen LogP contribution in [0.3, 0.4) is 0 Å². The monoisotopic (exact) mass is 202 g/mol. The first-order valence-corrected chi connectivity index (χ1v) is 4.45. The van der Waals surface area contributed by atoms with E-state index in [-0.39, 0.29) is 17.2 Å². The summed E-state index contributed by atoms with van der Waals surface area (Å²) >= 11 is 0. The molecule has 0 bridgehead atoms. The Kier molecular flexibility index (Phi) is 5.94. The molecule has 0 amide bonds. The van der Waals surface area contributed by atoms with E-state index in [0.717, 1.165) is 18.5 Å². The van der Waals surface area contributed by atoms with Crippen LogP contribution in [0.2, 0.25) is 0 Å². The lowest BCUT2D eigenvalue weighted by molar-refractivity contribution is 0.0885. The topological polar surface area (TPSA) is 86.8 Å². The molecule has 5 N–H and O–H groups in total. The zero-order chi connectivity index (χ0) is 9.35. The Bertz CT molecular complexity index is 232. The molecule has 1 rings (SSSR count). The predicted octanol–water partition coefficient (Wildman–Crippen LogP) is 0.832. The Labute approximate surface area is 85.9 Å². The Balaban J connectivity index is 0. The standard InChI is InChI=1S/C10H17NO.H3N.H2O/c1-8-9(7-12)5-6-11(4)10(8,2)3;;/h8H,5-6H2,1-4H3;1H3;1H2. The van der Waals surface area contributed by atoms with Crippen molar-refractivity contribution in [3.63, 3.8) is 0 Å². The molecule has 0 radical (unpaired) electrons. The number of hydrogen-bond acceptors (Lipinski definition) is 3. The van der Waals surface area contributed by atoms with Crippen LogP contribution in [0.1, 0.15) is 27.2 Å². The minimum atomic E-state index is 0. The average Bonchev–Trinajstić information content (AvgIpc) is 2.02. The van der Waals surface area contributed by atoms with E-state index < -0.39 is 0 Å². The highest BCUT2D eigenvalue weighted by atomic mass is 16.1. The fourth-order valence-corrected chi connectivity index (χ4v) is 1.69. The van der Waals surface area contributed by atoms with Gasteiger partial charge in [-0.25, -0.2) is 4.79 Å². The Morgan fingerprint density at radius 3 is 2.43 bits per heavy atom. The van der Waals surface area contributed by atoms with Gasteiger partial charge in [-0.1, -0.05) is 6.92 Å². The molecule has 4 heteroatoms. The van der Waals surface area contributed by atoms with Gasteiger partial charge in [0.2, 0.25) is 0 Å². The Morgan fingerprint density at radius 2 is 2.00 bits per heavy atom. The summed E-state index contributed by atoms with van der Waals surface area (Å²) in [6, 6.07) is 0. The van der Waals surface area contributed by atoms with Gasteiger partial charge >= 0.3 is 0 Å². The van der Waals surface area contributed by atoms with Gasteiger partial charge in [-0.3, -0.25) is 0 Å². The number of hydrogen-bond donors (Lipinski definition) is 1. The van der Waals surface area contributed by atoms with Gasteiger partial charge in [-0.15, -0.1) is 0 Å². The van der Waals surface area contributed by atoms with Crippen molar-refractivity contribution < 1.29 is 10.3 Å². The maximum absolute atomic E-state index is 10.6. The van der Waals surface area contributed by atoms with Crippen molar-refractivity contribution in [2.45, 2.75) is 32.7 Å². The van der Waals surface area contributed by atoms with Gasteiger partial charge in [0.1, 0.15) is 5.94 Å². The molecule has 1 unspecified atom stereocenters. The zero-order valence-electron chi connectivity index (χ0n) is 9.55. The first kappa shape index (κ1) is 15.8. The molecule has 1 saturated heterocycles. The molecular weight excluding hydrogens is 180 g/mol. The quantitative estimate of drug-likeness (QED) is 0.590. The number of piperidine rings is 1. The van der Waals surface area contributed by atoms with Crippen molar-refractivity contribution >= 4 is 5.94 Å². The average molecular weight is 202 g/mol. The zero-order valence-corrected chi connectivity index (χ0v) is 9.55. The summed E-state index contributed by atoms with van der Waals surface area (Å²) in [5, 5.41) is 0. The molecule has 0 aliphatic carbocycles. The Hall–Kier alpha value is -0.670. The smallest absolute Gasteiger partial charge is 0.123 e. The molecule has 0 aromatic heterocycles. The van der Waals surface area contributed by atoms with Crippen LogP contribution < -0.4 is 6.15 Å². The molecule has 84 valence electrons. The van der Waals surface area contributed by atoms with Crippen LogP contribution in [0.25, 0.3) is 0 Å². The lowest BCUT2D eigenvalue weighted by Gasteiger charge is -2.45. The molecule has 0 spiro atoms. The van der Waals surface area contributed by atoms with Crippen molar-refractivity contribution in [3.05, 3.63) is 5.57 Å². The van der Waals surface area contributed by atoms with Crippen LogP contribution in [0.5, 0.6) is 0 Å². The van der Waals surface area contributed by atoms with Crippen molar-refractivity contribution in [1.29, 1.82) is 0 Å². The van der Waals surface area contributed by atoms with Crippen LogP contribution in [0.15, 0.2) is 5.57 Å². The van der Waals surface area contributed by atoms with Gasteiger partial charge in [-0.2, -0.15) is 0 Å².